The Balaban J connectivity index is 1.59. The molecular formula is C22H18INO4. The molecule has 0 bridgehead atoms. The summed E-state index contributed by atoms with van der Waals surface area (Å²) in [5.41, 5.74) is 1.89. The third kappa shape index (κ3) is 5.82. The highest BCUT2D eigenvalue weighted by Crippen LogP contribution is 2.21. The number of carbonyl (C=O) groups excluding carboxylic acids is 2. The fraction of sp³-hybridized carbons (Fsp3) is 0.0909. The Bertz CT molecular complexity index is 911. The van der Waals surface area contributed by atoms with Crippen LogP contribution in [0.2, 0.25) is 0 Å². The van der Waals surface area contributed by atoms with Gasteiger partial charge in [-0.2, -0.15) is 0 Å². The molecule has 3 aromatic rings. The Kier molecular flexibility index (Phi) is 7.02. The molecule has 1 aromatic heterocycles. The van der Waals surface area contributed by atoms with E-state index in [2.05, 4.69) is 5.32 Å². The number of halogens is 1. The molecule has 6 heteroatoms. The van der Waals surface area contributed by atoms with Crippen LogP contribution < -0.4 is 5.32 Å². The van der Waals surface area contributed by atoms with Crippen LogP contribution in [-0.2, 0) is 14.3 Å². The molecule has 0 radical (unpaired) electrons. The van der Waals surface area contributed by atoms with E-state index in [4.69, 9.17) is 9.15 Å². The van der Waals surface area contributed by atoms with Crippen LogP contribution in [0.1, 0.15) is 22.9 Å². The Morgan fingerprint density at radius 2 is 1.57 bits per heavy atom. The summed E-state index contributed by atoms with van der Waals surface area (Å²) < 4.78 is 11.1. The number of amides is 1. The Morgan fingerprint density at radius 3 is 2.11 bits per heavy atom. The van der Waals surface area contributed by atoms with Crippen molar-refractivity contribution in [2.24, 2.45) is 0 Å². The second kappa shape index (κ2) is 9.89. The minimum Gasteiger partial charge on any atom is -0.452 e. The lowest BCUT2D eigenvalue weighted by Crippen LogP contribution is -2.32. The Labute approximate surface area is 176 Å². The first kappa shape index (κ1) is 19.9. The third-order valence-corrected chi connectivity index (χ3v) is 4.47. The van der Waals surface area contributed by atoms with Crippen molar-refractivity contribution in [3.8, 4) is 0 Å². The largest absolute Gasteiger partial charge is 0.452 e. The van der Waals surface area contributed by atoms with Gasteiger partial charge in [0.25, 0.3) is 5.91 Å². The van der Waals surface area contributed by atoms with E-state index < -0.39 is 5.97 Å². The van der Waals surface area contributed by atoms with E-state index in [0.29, 0.717) is 5.76 Å². The predicted molar refractivity (Wildman–Crippen MR) is 114 cm³/mol. The second-order valence-electron chi connectivity index (χ2n) is 5.90. The van der Waals surface area contributed by atoms with Crippen molar-refractivity contribution < 1.29 is 18.7 Å². The zero-order chi connectivity index (χ0) is 19.8. The molecular weight excluding hydrogens is 469 g/mol. The van der Waals surface area contributed by atoms with Gasteiger partial charge in [0.15, 0.2) is 10.4 Å². The molecule has 0 fully saturated rings. The molecule has 0 saturated heterocycles. The van der Waals surface area contributed by atoms with E-state index in [0.717, 1.165) is 14.9 Å². The number of hydrogen-bond donors (Lipinski definition) is 1. The average Bonchev–Trinajstić information content (AvgIpc) is 3.15. The van der Waals surface area contributed by atoms with Gasteiger partial charge in [0, 0.05) is 6.08 Å². The van der Waals surface area contributed by atoms with Crippen LogP contribution in [0.15, 0.2) is 83.3 Å². The molecule has 142 valence electrons. The van der Waals surface area contributed by atoms with Crippen LogP contribution in [0.25, 0.3) is 6.08 Å². The van der Waals surface area contributed by atoms with Gasteiger partial charge in [0.05, 0.1) is 6.04 Å². The fourth-order valence-corrected chi connectivity index (χ4v) is 3.04. The molecule has 0 atom stereocenters. The van der Waals surface area contributed by atoms with Gasteiger partial charge < -0.3 is 14.5 Å². The highest BCUT2D eigenvalue weighted by molar-refractivity contribution is 14.1. The molecule has 3 rings (SSSR count). The fourth-order valence-electron chi connectivity index (χ4n) is 2.61. The van der Waals surface area contributed by atoms with Crippen LogP contribution in [0.4, 0.5) is 0 Å². The molecule has 5 nitrogen and oxygen atoms in total. The first-order valence-electron chi connectivity index (χ1n) is 8.61. The minimum absolute atomic E-state index is 0.325. The van der Waals surface area contributed by atoms with Crippen molar-refractivity contribution in [3.63, 3.8) is 0 Å². The topological polar surface area (TPSA) is 68.5 Å². The van der Waals surface area contributed by atoms with E-state index in [-0.39, 0.29) is 18.6 Å². The highest BCUT2D eigenvalue weighted by atomic mass is 127. The van der Waals surface area contributed by atoms with Gasteiger partial charge >= 0.3 is 5.97 Å². The molecule has 0 aliphatic heterocycles. The number of furan rings is 1. The van der Waals surface area contributed by atoms with Crippen molar-refractivity contribution in [2.75, 3.05) is 6.61 Å². The van der Waals surface area contributed by atoms with Crippen LogP contribution >= 0.6 is 22.6 Å². The van der Waals surface area contributed by atoms with Crippen LogP contribution in [0.5, 0.6) is 0 Å². The van der Waals surface area contributed by atoms with Gasteiger partial charge in [-0.3, -0.25) is 4.79 Å². The van der Waals surface area contributed by atoms with Gasteiger partial charge in [0.2, 0.25) is 0 Å². The molecule has 2 aromatic carbocycles. The lowest BCUT2D eigenvalue weighted by molar-refractivity contribution is -0.143. The number of ether oxygens (including phenoxy) is 1. The summed E-state index contributed by atoms with van der Waals surface area (Å²) in [6, 6.07) is 22.5. The summed E-state index contributed by atoms with van der Waals surface area (Å²) >= 11 is 2.03. The van der Waals surface area contributed by atoms with Crippen LogP contribution in [0.3, 0.4) is 0 Å². The second-order valence-corrected chi connectivity index (χ2v) is 6.97. The normalized spacial score (nSPS) is 10.9. The maximum atomic E-state index is 12.4. The minimum atomic E-state index is -0.613. The lowest BCUT2D eigenvalue weighted by Gasteiger charge is -2.19. The van der Waals surface area contributed by atoms with Crippen LogP contribution in [0, 0.1) is 3.77 Å². The summed E-state index contributed by atoms with van der Waals surface area (Å²) in [4.78, 5) is 24.2. The van der Waals surface area contributed by atoms with Gasteiger partial charge in [-0.05, 0) is 51.9 Å². The molecule has 1 N–H and O–H groups in total. The van der Waals surface area contributed by atoms with Crippen LogP contribution in [-0.4, -0.2) is 18.5 Å². The van der Waals surface area contributed by atoms with E-state index in [9.17, 15) is 9.59 Å². The Hall–Kier alpha value is -2.87. The van der Waals surface area contributed by atoms with Gasteiger partial charge in [0.1, 0.15) is 5.76 Å². The number of nitrogens with one attached hydrogen (secondary N) is 1. The molecule has 0 spiro atoms. The quantitative estimate of drug-likeness (QED) is 0.306. The summed E-state index contributed by atoms with van der Waals surface area (Å²) in [7, 11) is 0. The van der Waals surface area contributed by atoms with Gasteiger partial charge in [-0.1, -0.05) is 60.7 Å². The number of carbonyl (C=O) groups is 2. The van der Waals surface area contributed by atoms with Crippen molar-refractivity contribution in [1.29, 1.82) is 0 Å². The molecule has 1 heterocycles. The van der Waals surface area contributed by atoms with Crippen molar-refractivity contribution >= 4 is 40.5 Å². The third-order valence-electron chi connectivity index (χ3n) is 3.89. The predicted octanol–water partition coefficient (Wildman–Crippen LogP) is 4.35. The number of rotatable bonds is 7. The maximum Gasteiger partial charge on any atom is 0.331 e. The standard InChI is InChI=1S/C22H18INO4/c23-19-13-11-18(28-19)12-14-21(26)27-15-20(25)24-22(16-7-3-1-4-8-16)17-9-5-2-6-10-17/h1-14,22H,15H2,(H,24,25). The number of hydrogen-bond acceptors (Lipinski definition) is 4. The first-order chi connectivity index (χ1) is 13.6. The van der Waals surface area contributed by atoms with E-state index >= 15 is 0 Å². The van der Waals surface area contributed by atoms with E-state index in [1.807, 2.05) is 83.3 Å². The SMILES string of the molecule is O=C(COC(=O)C=Cc1ccc(I)o1)NC(c1ccccc1)c1ccccc1. The smallest absolute Gasteiger partial charge is 0.331 e. The Morgan fingerprint density at radius 1 is 0.964 bits per heavy atom. The monoisotopic (exact) mass is 487 g/mol. The number of benzene rings is 2. The zero-order valence-electron chi connectivity index (χ0n) is 14.9. The van der Waals surface area contributed by atoms with Crippen molar-refractivity contribution in [3.05, 3.63) is 99.5 Å². The molecule has 28 heavy (non-hydrogen) atoms. The van der Waals surface area contributed by atoms with Crippen molar-refractivity contribution in [1.82, 2.24) is 5.32 Å². The maximum absolute atomic E-state index is 12.4. The van der Waals surface area contributed by atoms with E-state index in [1.54, 1.807) is 12.1 Å². The molecule has 0 unspecified atom stereocenters. The van der Waals surface area contributed by atoms with Gasteiger partial charge in [-0.25, -0.2) is 4.79 Å². The summed E-state index contributed by atoms with van der Waals surface area (Å²) in [5, 5.41) is 2.92. The highest BCUT2D eigenvalue weighted by Gasteiger charge is 2.17. The average molecular weight is 487 g/mol. The van der Waals surface area contributed by atoms with Gasteiger partial charge in [-0.15, -0.1) is 0 Å². The van der Waals surface area contributed by atoms with Crippen molar-refractivity contribution in [2.45, 2.75) is 6.04 Å². The lowest BCUT2D eigenvalue weighted by atomic mass is 9.99. The zero-order valence-corrected chi connectivity index (χ0v) is 17.0. The molecule has 1 amide bonds. The van der Waals surface area contributed by atoms with E-state index in [1.165, 1.54) is 12.2 Å². The first-order valence-corrected chi connectivity index (χ1v) is 9.69. The molecule has 0 saturated carbocycles. The summed E-state index contributed by atoms with van der Waals surface area (Å²) in [6.07, 6.45) is 2.73. The summed E-state index contributed by atoms with van der Waals surface area (Å²) in [6.45, 7) is -0.366. The molecule has 0 aliphatic carbocycles. The molecule has 0 aliphatic rings. The number of esters is 1. The summed E-state index contributed by atoms with van der Waals surface area (Å²) in [5.74, 6) is -0.455.